The van der Waals surface area contributed by atoms with Crippen LogP contribution in [0.1, 0.15) is 19.3 Å². The lowest BCUT2D eigenvalue weighted by Crippen LogP contribution is -2.28. The number of nitrogens with zero attached hydrogens (tertiary/aromatic N) is 2. The second-order valence-electron chi connectivity index (χ2n) is 4.59. The van der Waals surface area contributed by atoms with Gasteiger partial charge >= 0.3 is 6.18 Å². The molecule has 1 heterocycles. The summed E-state index contributed by atoms with van der Waals surface area (Å²) in [6, 6.07) is 0. The Morgan fingerprint density at radius 1 is 1.47 bits per heavy atom. The van der Waals surface area contributed by atoms with Crippen LogP contribution in [0.15, 0.2) is 11.0 Å². The number of hydrogen-bond acceptors (Lipinski definition) is 3. The summed E-state index contributed by atoms with van der Waals surface area (Å²) in [5.41, 5.74) is -0.483. The van der Waals surface area contributed by atoms with Crippen LogP contribution in [0.3, 0.4) is 0 Å². The fraction of sp³-hybridized carbons (Fsp3) is 0.636. The van der Waals surface area contributed by atoms with Gasteiger partial charge in [0.2, 0.25) is 0 Å². The zero-order valence-electron chi connectivity index (χ0n) is 10.0. The Morgan fingerprint density at radius 3 is 2.74 bits per heavy atom. The Morgan fingerprint density at radius 2 is 2.16 bits per heavy atom. The molecule has 2 rings (SSSR count). The van der Waals surface area contributed by atoms with E-state index in [1.807, 2.05) is 0 Å². The van der Waals surface area contributed by atoms with E-state index in [1.165, 1.54) is 10.9 Å². The molecule has 8 heteroatoms. The second-order valence-corrected chi connectivity index (χ2v) is 5.00. The summed E-state index contributed by atoms with van der Waals surface area (Å²) in [6.45, 7) is 0.107. The first-order valence-electron chi connectivity index (χ1n) is 5.93. The number of aromatic nitrogens is 2. The molecule has 19 heavy (non-hydrogen) atoms. The molecule has 0 aliphatic heterocycles. The van der Waals surface area contributed by atoms with Gasteiger partial charge in [-0.3, -0.25) is 4.79 Å². The smallest absolute Gasteiger partial charge is 0.379 e. The standard InChI is InChI=1S/C11H13ClF3N3O/c12-8-5-17-18(6-7-1-2-7)10(19)9(8)16-4-3-11(13,14)15/h5,7,16H,1-4,6H2. The van der Waals surface area contributed by atoms with Crippen LogP contribution in [0.25, 0.3) is 0 Å². The van der Waals surface area contributed by atoms with Crippen LogP contribution in [0, 0.1) is 5.92 Å². The highest BCUT2D eigenvalue weighted by Crippen LogP contribution is 2.30. The van der Waals surface area contributed by atoms with Crippen molar-refractivity contribution < 1.29 is 13.2 Å². The molecule has 0 atom stereocenters. The van der Waals surface area contributed by atoms with Gasteiger partial charge in [-0.15, -0.1) is 0 Å². The average Bonchev–Trinajstić information content (AvgIpc) is 3.09. The van der Waals surface area contributed by atoms with Crippen molar-refractivity contribution >= 4 is 17.3 Å². The lowest BCUT2D eigenvalue weighted by molar-refractivity contribution is -0.131. The molecule has 106 valence electrons. The van der Waals surface area contributed by atoms with E-state index in [2.05, 4.69) is 10.4 Å². The monoisotopic (exact) mass is 295 g/mol. The molecular weight excluding hydrogens is 283 g/mol. The summed E-state index contributed by atoms with van der Waals surface area (Å²) in [4.78, 5) is 12.0. The highest BCUT2D eigenvalue weighted by Gasteiger charge is 2.27. The molecule has 1 saturated carbocycles. The Balaban J connectivity index is 2.07. The van der Waals surface area contributed by atoms with E-state index < -0.39 is 18.2 Å². The summed E-state index contributed by atoms with van der Waals surface area (Å²) in [7, 11) is 0. The molecule has 1 aliphatic carbocycles. The number of rotatable bonds is 5. The van der Waals surface area contributed by atoms with E-state index >= 15 is 0 Å². The quantitative estimate of drug-likeness (QED) is 0.908. The number of nitrogens with one attached hydrogen (secondary N) is 1. The number of alkyl halides is 3. The van der Waals surface area contributed by atoms with E-state index in [0.29, 0.717) is 12.5 Å². The molecular formula is C11H13ClF3N3O. The normalized spacial score (nSPS) is 15.6. The van der Waals surface area contributed by atoms with Crippen LogP contribution < -0.4 is 10.9 Å². The predicted molar refractivity (Wildman–Crippen MR) is 65.4 cm³/mol. The Labute approximate surface area is 112 Å². The Bertz CT molecular complexity index is 511. The van der Waals surface area contributed by atoms with Crippen LogP contribution in [-0.2, 0) is 6.54 Å². The molecule has 1 fully saturated rings. The van der Waals surface area contributed by atoms with Gasteiger partial charge in [-0.2, -0.15) is 18.3 Å². The zero-order chi connectivity index (χ0) is 14.0. The third-order valence-electron chi connectivity index (χ3n) is 2.84. The lowest BCUT2D eigenvalue weighted by atomic mass is 10.3. The van der Waals surface area contributed by atoms with Gasteiger partial charge < -0.3 is 5.32 Å². The van der Waals surface area contributed by atoms with Crippen molar-refractivity contribution in [1.29, 1.82) is 0 Å². The minimum absolute atomic E-state index is 0.0124. The Kier molecular flexibility index (Phi) is 4.03. The van der Waals surface area contributed by atoms with Crippen molar-refractivity contribution in [3.05, 3.63) is 21.6 Å². The number of hydrogen-bond donors (Lipinski definition) is 1. The van der Waals surface area contributed by atoms with Crippen molar-refractivity contribution in [3.63, 3.8) is 0 Å². The molecule has 1 N–H and O–H groups in total. The molecule has 1 aromatic rings. The van der Waals surface area contributed by atoms with Crippen molar-refractivity contribution in [2.75, 3.05) is 11.9 Å². The summed E-state index contributed by atoms with van der Waals surface area (Å²) >= 11 is 5.78. The van der Waals surface area contributed by atoms with Gasteiger partial charge in [0.05, 0.1) is 17.6 Å². The number of halogens is 4. The van der Waals surface area contributed by atoms with Gasteiger partial charge in [0.1, 0.15) is 5.69 Å². The first kappa shape index (κ1) is 14.2. The van der Waals surface area contributed by atoms with Crippen molar-refractivity contribution in [1.82, 2.24) is 9.78 Å². The summed E-state index contributed by atoms with van der Waals surface area (Å²) in [5, 5.41) is 6.37. The highest BCUT2D eigenvalue weighted by molar-refractivity contribution is 6.32. The summed E-state index contributed by atoms with van der Waals surface area (Å²) < 4.78 is 37.4. The topological polar surface area (TPSA) is 46.9 Å². The molecule has 0 spiro atoms. The third kappa shape index (κ3) is 4.12. The molecule has 0 saturated heterocycles. The van der Waals surface area contributed by atoms with Crippen molar-refractivity contribution in [2.24, 2.45) is 5.92 Å². The van der Waals surface area contributed by atoms with E-state index in [4.69, 9.17) is 11.6 Å². The SMILES string of the molecule is O=c1c(NCCC(F)(F)F)c(Cl)cnn1CC1CC1. The van der Waals surface area contributed by atoms with E-state index in [0.717, 1.165) is 12.8 Å². The first-order chi connectivity index (χ1) is 8.87. The molecule has 0 radical (unpaired) electrons. The minimum atomic E-state index is -4.26. The highest BCUT2D eigenvalue weighted by atomic mass is 35.5. The number of anilines is 1. The fourth-order valence-corrected chi connectivity index (χ4v) is 1.82. The van der Waals surface area contributed by atoms with Gasteiger partial charge in [-0.1, -0.05) is 11.6 Å². The molecule has 0 unspecified atom stereocenters. The van der Waals surface area contributed by atoms with Gasteiger partial charge in [0.15, 0.2) is 0 Å². The van der Waals surface area contributed by atoms with Gasteiger partial charge in [0, 0.05) is 13.1 Å². The molecule has 1 aliphatic rings. The summed E-state index contributed by atoms with van der Waals surface area (Å²) in [6.07, 6.45) is -1.91. The maximum atomic E-state index is 12.1. The molecule has 0 aromatic carbocycles. The van der Waals surface area contributed by atoms with Gasteiger partial charge in [0.25, 0.3) is 5.56 Å². The van der Waals surface area contributed by atoms with E-state index in [1.54, 1.807) is 0 Å². The van der Waals surface area contributed by atoms with Crippen molar-refractivity contribution in [3.8, 4) is 0 Å². The van der Waals surface area contributed by atoms with Crippen LogP contribution in [0.4, 0.5) is 18.9 Å². The predicted octanol–water partition coefficient (Wildman–Crippen LogP) is 2.67. The van der Waals surface area contributed by atoms with Crippen LogP contribution in [0.2, 0.25) is 5.02 Å². The maximum Gasteiger partial charge on any atom is 0.390 e. The zero-order valence-corrected chi connectivity index (χ0v) is 10.8. The van der Waals surface area contributed by atoms with Crippen LogP contribution in [-0.4, -0.2) is 22.5 Å². The van der Waals surface area contributed by atoms with E-state index in [-0.39, 0.29) is 17.3 Å². The molecule has 0 bridgehead atoms. The van der Waals surface area contributed by atoms with E-state index in [9.17, 15) is 18.0 Å². The van der Waals surface area contributed by atoms with Gasteiger partial charge in [-0.05, 0) is 18.8 Å². The largest absolute Gasteiger partial charge is 0.390 e. The van der Waals surface area contributed by atoms with Crippen LogP contribution in [0.5, 0.6) is 0 Å². The molecule has 0 amide bonds. The van der Waals surface area contributed by atoms with Crippen LogP contribution >= 0.6 is 11.6 Å². The maximum absolute atomic E-state index is 12.1. The molecule has 1 aromatic heterocycles. The van der Waals surface area contributed by atoms with Crippen molar-refractivity contribution in [2.45, 2.75) is 32.0 Å². The van der Waals surface area contributed by atoms with Gasteiger partial charge in [-0.25, -0.2) is 4.68 Å². The fourth-order valence-electron chi connectivity index (χ4n) is 1.63. The minimum Gasteiger partial charge on any atom is -0.379 e. The average molecular weight is 296 g/mol. The summed E-state index contributed by atoms with van der Waals surface area (Å²) in [5.74, 6) is 0.439. The third-order valence-corrected chi connectivity index (χ3v) is 3.12. The second kappa shape index (κ2) is 5.40. The first-order valence-corrected chi connectivity index (χ1v) is 6.31. The Hall–Kier alpha value is -1.24. The lowest BCUT2D eigenvalue weighted by Gasteiger charge is -2.11. The molecule has 4 nitrogen and oxygen atoms in total.